The van der Waals surface area contributed by atoms with E-state index in [1.165, 1.54) is 10.5 Å². The van der Waals surface area contributed by atoms with Crippen LogP contribution in [0.15, 0.2) is 64.5 Å². The molecule has 0 radical (unpaired) electrons. The number of aliphatic imine (C=N–C) groups is 1. The van der Waals surface area contributed by atoms with Crippen LogP contribution >= 0.6 is 11.8 Å². The highest BCUT2D eigenvalue weighted by Gasteiger charge is 1.95. The smallest absolute Gasteiger partial charge is 0.0525 e. The number of hydrogen-bond acceptors (Lipinski definition) is 3. The monoisotopic (exact) mass is 285 g/mol. The first-order chi connectivity index (χ1) is 9.88. The van der Waals surface area contributed by atoms with Crippen LogP contribution in [-0.4, -0.2) is 30.2 Å². The second-order valence-electron chi connectivity index (χ2n) is 4.41. The molecule has 1 N–H and O–H groups in total. The minimum Gasteiger partial charge on any atom is -0.396 e. The molecule has 0 aliphatic carbocycles. The summed E-state index contributed by atoms with van der Waals surface area (Å²) in [5.41, 5.74) is 2.44. The highest BCUT2D eigenvalue weighted by Crippen LogP contribution is 2.17. The Balaban J connectivity index is 1.78. The first-order valence-electron chi connectivity index (χ1n) is 6.76. The molecule has 0 spiro atoms. The van der Waals surface area contributed by atoms with Gasteiger partial charge < -0.3 is 5.11 Å². The second kappa shape index (κ2) is 8.56. The summed E-state index contributed by atoms with van der Waals surface area (Å²) in [5.74, 6) is 0.751. The zero-order chi connectivity index (χ0) is 14.0. The number of rotatable bonds is 7. The molecule has 0 amide bonds. The van der Waals surface area contributed by atoms with Gasteiger partial charge in [-0.2, -0.15) is 0 Å². The molecule has 104 valence electrons. The van der Waals surface area contributed by atoms with Crippen LogP contribution < -0.4 is 0 Å². The summed E-state index contributed by atoms with van der Waals surface area (Å²) in [6.07, 6.45) is 2.87. The van der Waals surface area contributed by atoms with Gasteiger partial charge in [0.15, 0.2) is 0 Å². The lowest BCUT2D eigenvalue weighted by molar-refractivity contribution is 0.322. The van der Waals surface area contributed by atoms with Gasteiger partial charge in [0.2, 0.25) is 0 Å². The van der Waals surface area contributed by atoms with E-state index < -0.39 is 0 Å². The molecule has 0 saturated carbocycles. The molecule has 0 aromatic heterocycles. The third-order valence-corrected chi connectivity index (χ3v) is 3.85. The van der Waals surface area contributed by atoms with E-state index in [4.69, 9.17) is 5.11 Å². The Morgan fingerprint density at radius 3 is 2.45 bits per heavy atom. The van der Waals surface area contributed by atoms with Crippen molar-refractivity contribution in [3.05, 3.63) is 65.7 Å². The van der Waals surface area contributed by atoms with Gasteiger partial charge in [-0.25, -0.2) is 0 Å². The molecule has 0 aliphatic heterocycles. The van der Waals surface area contributed by atoms with E-state index in [1.807, 2.05) is 24.4 Å². The Hall–Kier alpha value is -1.58. The van der Waals surface area contributed by atoms with E-state index in [-0.39, 0.29) is 6.61 Å². The summed E-state index contributed by atoms with van der Waals surface area (Å²) in [6, 6.07) is 18.6. The predicted molar refractivity (Wildman–Crippen MR) is 86.9 cm³/mol. The summed E-state index contributed by atoms with van der Waals surface area (Å²) in [7, 11) is 0. The number of benzene rings is 2. The van der Waals surface area contributed by atoms with E-state index in [9.17, 15) is 0 Å². The van der Waals surface area contributed by atoms with Gasteiger partial charge in [0, 0.05) is 23.4 Å². The number of aliphatic hydroxyl groups is 1. The number of thioether (sulfide) groups is 1. The van der Waals surface area contributed by atoms with Crippen molar-refractivity contribution < 1.29 is 5.11 Å². The summed E-state index contributed by atoms with van der Waals surface area (Å²) in [6.45, 7) is 1.03. The fraction of sp³-hybridized carbons (Fsp3) is 0.235. The van der Waals surface area contributed by atoms with Crippen LogP contribution in [0.1, 0.15) is 11.1 Å². The summed E-state index contributed by atoms with van der Waals surface area (Å²) in [5, 5.41) is 8.78. The Labute approximate surface area is 124 Å². The zero-order valence-corrected chi connectivity index (χ0v) is 12.2. The molecule has 0 aliphatic rings. The van der Waals surface area contributed by atoms with Crippen LogP contribution in [0.3, 0.4) is 0 Å². The summed E-state index contributed by atoms with van der Waals surface area (Å²) in [4.78, 5) is 5.65. The molecule has 0 heterocycles. The number of nitrogens with zero attached hydrogens (tertiary/aromatic N) is 1. The highest BCUT2D eigenvalue weighted by atomic mass is 32.2. The number of hydrogen-bond donors (Lipinski definition) is 1. The minimum absolute atomic E-state index is 0.223. The normalized spacial score (nSPS) is 11.1. The molecule has 2 aromatic rings. The molecule has 2 nitrogen and oxygen atoms in total. The van der Waals surface area contributed by atoms with Gasteiger partial charge in [0.05, 0.1) is 6.61 Å². The molecular formula is C17H19NOS. The molecule has 20 heavy (non-hydrogen) atoms. The maximum Gasteiger partial charge on any atom is 0.0525 e. The summed E-state index contributed by atoms with van der Waals surface area (Å²) >= 11 is 1.68. The third-order valence-electron chi connectivity index (χ3n) is 2.85. The minimum atomic E-state index is 0.223. The van der Waals surface area contributed by atoms with E-state index in [1.54, 1.807) is 11.8 Å². The fourth-order valence-corrected chi connectivity index (χ4v) is 2.47. The van der Waals surface area contributed by atoms with Crippen molar-refractivity contribution >= 4 is 18.0 Å². The maximum absolute atomic E-state index is 8.78. The van der Waals surface area contributed by atoms with Gasteiger partial charge in [-0.15, -0.1) is 11.8 Å². The van der Waals surface area contributed by atoms with Gasteiger partial charge in [0.1, 0.15) is 0 Å². The van der Waals surface area contributed by atoms with Gasteiger partial charge in [0.25, 0.3) is 0 Å². The SMILES string of the molecule is OCCSc1ccc(CCN=Cc2ccccc2)cc1. The van der Waals surface area contributed by atoms with Gasteiger partial charge in [-0.1, -0.05) is 42.5 Å². The first kappa shape index (κ1) is 14.8. The van der Waals surface area contributed by atoms with Crippen LogP contribution in [0.4, 0.5) is 0 Å². The lowest BCUT2D eigenvalue weighted by atomic mass is 10.1. The predicted octanol–water partition coefficient (Wildman–Crippen LogP) is 3.43. The Morgan fingerprint density at radius 1 is 1.00 bits per heavy atom. The lowest BCUT2D eigenvalue weighted by Crippen LogP contribution is -1.91. The van der Waals surface area contributed by atoms with Gasteiger partial charge >= 0.3 is 0 Å². The second-order valence-corrected chi connectivity index (χ2v) is 5.58. The maximum atomic E-state index is 8.78. The van der Waals surface area contributed by atoms with Crippen LogP contribution in [0.25, 0.3) is 0 Å². The van der Waals surface area contributed by atoms with Crippen LogP contribution in [-0.2, 0) is 6.42 Å². The lowest BCUT2D eigenvalue weighted by Gasteiger charge is -2.02. The average Bonchev–Trinajstić information content (AvgIpc) is 2.52. The molecule has 3 heteroatoms. The van der Waals surface area contributed by atoms with E-state index >= 15 is 0 Å². The van der Waals surface area contributed by atoms with Crippen LogP contribution in [0.5, 0.6) is 0 Å². The van der Waals surface area contributed by atoms with Gasteiger partial charge in [-0.3, -0.25) is 4.99 Å². The molecule has 0 atom stereocenters. The van der Waals surface area contributed by atoms with E-state index in [0.717, 1.165) is 24.3 Å². The largest absolute Gasteiger partial charge is 0.396 e. The average molecular weight is 285 g/mol. The van der Waals surface area contributed by atoms with Crippen molar-refractivity contribution in [2.45, 2.75) is 11.3 Å². The van der Waals surface area contributed by atoms with Crippen molar-refractivity contribution in [3.63, 3.8) is 0 Å². The van der Waals surface area contributed by atoms with E-state index in [2.05, 4.69) is 41.4 Å². The van der Waals surface area contributed by atoms with Crippen LogP contribution in [0, 0.1) is 0 Å². The van der Waals surface area contributed by atoms with Gasteiger partial charge in [-0.05, 0) is 29.7 Å². The molecule has 0 bridgehead atoms. The molecular weight excluding hydrogens is 266 g/mol. The van der Waals surface area contributed by atoms with Crippen molar-refractivity contribution in [1.82, 2.24) is 0 Å². The highest BCUT2D eigenvalue weighted by molar-refractivity contribution is 7.99. The van der Waals surface area contributed by atoms with Crippen molar-refractivity contribution in [2.24, 2.45) is 4.99 Å². The molecule has 2 aromatic carbocycles. The van der Waals surface area contributed by atoms with Crippen molar-refractivity contribution in [3.8, 4) is 0 Å². The molecule has 2 rings (SSSR count). The van der Waals surface area contributed by atoms with Crippen LogP contribution in [0.2, 0.25) is 0 Å². The Kier molecular flexibility index (Phi) is 6.35. The third kappa shape index (κ3) is 5.19. The van der Waals surface area contributed by atoms with Crippen molar-refractivity contribution in [1.29, 1.82) is 0 Å². The topological polar surface area (TPSA) is 32.6 Å². The zero-order valence-electron chi connectivity index (χ0n) is 11.4. The first-order valence-corrected chi connectivity index (χ1v) is 7.74. The summed E-state index contributed by atoms with van der Waals surface area (Å²) < 4.78 is 0. The molecule has 0 unspecified atom stereocenters. The molecule has 0 saturated heterocycles. The molecule has 0 fully saturated rings. The van der Waals surface area contributed by atoms with Crippen molar-refractivity contribution in [2.75, 3.05) is 18.9 Å². The quantitative estimate of drug-likeness (QED) is 0.624. The standard InChI is InChI=1S/C17H19NOS/c19-12-13-20-17-8-6-15(7-9-17)10-11-18-14-16-4-2-1-3-5-16/h1-9,14,19H,10-13H2. The van der Waals surface area contributed by atoms with E-state index in [0.29, 0.717) is 0 Å². The number of aliphatic hydroxyl groups excluding tert-OH is 1. The Bertz CT molecular complexity index is 522. The fourth-order valence-electron chi connectivity index (χ4n) is 1.82. The Morgan fingerprint density at radius 2 is 1.75 bits per heavy atom.